The van der Waals surface area contributed by atoms with Crippen molar-refractivity contribution in [2.24, 2.45) is 0 Å². The summed E-state index contributed by atoms with van der Waals surface area (Å²) in [6.45, 7) is 6.48. The molecule has 0 aliphatic carbocycles. The Morgan fingerprint density at radius 1 is 1.46 bits per heavy atom. The molecule has 2 nitrogen and oxygen atoms in total. The van der Waals surface area contributed by atoms with Gasteiger partial charge in [-0.05, 0) is 22.0 Å². The van der Waals surface area contributed by atoms with Crippen molar-refractivity contribution in [3.8, 4) is 0 Å². The lowest BCUT2D eigenvalue weighted by Gasteiger charge is -2.07. The molecule has 0 spiro atoms. The Labute approximate surface area is 80.3 Å². The Bertz CT molecular complexity index is 367. The standard InChI is InChI=1S/C7H2BrF3N2/c1-12-6-5(7(9,10)11)2-4(8)3-13-6/h2-3H. The van der Waals surface area contributed by atoms with E-state index in [0.29, 0.717) is 0 Å². The van der Waals surface area contributed by atoms with Crippen LogP contribution >= 0.6 is 15.9 Å². The first kappa shape index (κ1) is 9.99. The Balaban J connectivity index is 3.35. The lowest BCUT2D eigenvalue weighted by Crippen LogP contribution is -2.05. The summed E-state index contributed by atoms with van der Waals surface area (Å²) in [4.78, 5) is 6.02. The third-order valence-corrected chi connectivity index (χ3v) is 1.68. The van der Waals surface area contributed by atoms with Gasteiger partial charge in [0.15, 0.2) is 0 Å². The van der Waals surface area contributed by atoms with Crippen LogP contribution in [0.5, 0.6) is 0 Å². The van der Waals surface area contributed by atoms with E-state index in [2.05, 4.69) is 25.8 Å². The van der Waals surface area contributed by atoms with Crippen LogP contribution in [0.25, 0.3) is 4.85 Å². The Morgan fingerprint density at radius 3 is 2.54 bits per heavy atom. The van der Waals surface area contributed by atoms with Gasteiger partial charge in [-0.15, -0.1) is 4.98 Å². The van der Waals surface area contributed by atoms with Gasteiger partial charge in [-0.3, -0.25) is 0 Å². The molecular formula is C7H2BrF3N2. The minimum atomic E-state index is -4.53. The maximum Gasteiger partial charge on any atom is 0.409 e. The van der Waals surface area contributed by atoms with E-state index in [0.717, 1.165) is 12.3 Å². The summed E-state index contributed by atoms with van der Waals surface area (Å²) in [5, 5.41) is 0. The molecular weight excluding hydrogens is 249 g/mol. The summed E-state index contributed by atoms with van der Waals surface area (Å²) in [5.41, 5.74) is -1.02. The molecule has 68 valence electrons. The number of hydrogen-bond acceptors (Lipinski definition) is 1. The highest BCUT2D eigenvalue weighted by molar-refractivity contribution is 9.10. The Kier molecular flexibility index (Phi) is 2.57. The number of alkyl halides is 3. The maximum atomic E-state index is 12.2. The zero-order chi connectivity index (χ0) is 10.1. The van der Waals surface area contributed by atoms with E-state index in [-0.39, 0.29) is 4.47 Å². The molecule has 0 saturated heterocycles. The van der Waals surface area contributed by atoms with Gasteiger partial charge in [0.1, 0.15) is 6.20 Å². The zero-order valence-corrected chi connectivity index (χ0v) is 7.65. The molecule has 0 amide bonds. The van der Waals surface area contributed by atoms with Crippen molar-refractivity contribution in [3.63, 3.8) is 0 Å². The van der Waals surface area contributed by atoms with E-state index >= 15 is 0 Å². The minimum absolute atomic E-state index is 0.201. The largest absolute Gasteiger partial charge is 0.409 e. The molecule has 0 aliphatic rings. The predicted molar refractivity (Wildman–Crippen MR) is 43.2 cm³/mol. The van der Waals surface area contributed by atoms with Crippen molar-refractivity contribution >= 4 is 21.7 Å². The number of pyridine rings is 1. The number of hydrogen-bond donors (Lipinski definition) is 0. The topological polar surface area (TPSA) is 17.2 Å². The molecule has 1 rings (SSSR count). The quantitative estimate of drug-likeness (QED) is 0.646. The molecule has 13 heavy (non-hydrogen) atoms. The van der Waals surface area contributed by atoms with Crippen LogP contribution in [-0.2, 0) is 6.18 Å². The first-order valence-electron chi connectivity index (χ1n) is 3.05. The maximum absolute atomic E-state index is 12.2. The second-order valence-corrected chi connectivity index (χ2v) is 3.05. The highest BCUT2D eigenvalue weighted by Gasteiger charge is 2.34. The average Bonchev–Trinajstić information content (AvgIpc) is 2.03. The van der Waals surface area contributed by atoms with E-state index in [1.165, 1.54) is 0 Å². The molecule has 1 aromatic heterocycles. The predicted octanol–water partition coefficient (Wildman–Crippen LogP) is 3.41. The zero-order valence-electron chi connectivity index (χ0n) is 6.06. The summed E-state index contributed by atoms with van der Waals surface area (Å²) in [7, 11) is 0. The monoisotopic (exact) mass is 250 g/mol. The van der Waals surface area contributed by atoms with Crippen LogP contribution in [-0.4, -0.2) is 4.98 Å². The van der Waals surface area contributed by atoms with Gasteiger partial charge in [0.2, 0.25) is 0 Å². The molecule has 0 radical (unpaired) electrons. The van der Waals surface area contributed by atoms with Gasteiger partial charge in [0.05, 0.1) is 10.0 Å². The molecule has 0 fully saturated rings. The fraction of sp³-hybridized carbons (Fsp3) is 0.143. The van der Waals surface area contributed by atoms with Crippen LogP contribution in [0.4, 0.5) is 19.0 Å². The summed E-state index contributed by atoms with van der Waals surface area (Å²) in [6, 6.07) is 0.834. The van der Waals surface area contributed by atoms with Crippen LogP contribution in [0, 0.1) is 6.57 Å². The number of aromatic nitrogens is 1. The Hall–Kier alpha value is -1.09. The summed E-state index contributed by atoms with van der Waals surface area (Å²) in [6.07, 6.45) is -3.38. The normalized spacial score (nSPS) is 11.0. The summed E-state index contributed by atoms with van der Waals surface area (Å²) >= 11 is 2.85. The fourth-order valence-electron chi connectivity index (χ4n) is 0.730. The van der Waals surface area contributed by atoms with Crippen molar-refractivity contribution in [3.05, 3.63) is 33.7 Å². The third kappa shape index (κ3) is 2.18. The van der Waals surface area contributed by atoms with Crippen LogP contribution in [0.2, 0.25) is 0 Å². The lowest BCUT2D eigenvalue weighted by atomic mass is 10.2. The van der Waals surface area contributed by atoms with Gasteiger partial charge in [-0.2, -0.15) is 13.2 Å². The van der Waals surface area contributed by atoms with Gasteiger partial charge in [0.25, 0.3) is 5.82 Å². The fourth-order valence-corrected chi connectivity index (χ4v) is 1.06. The van der Waals surface area contributed by atoms with Crippen molar-refractivity contribution < 1.29 is 13.2 Å². The minimum Gasteiger partial charge on any atom is -0.360 e. The van der Waals surface area contributed by atoms with Gasteiger partial charge in [-0.25, -0.2) is 0 Å². The van der Waals surface area contributed by atoms with Crippen LogP contribution in [0.15, 0.2) is 16.7 Å². The molecule has 6 heteroatoms. The van der Waals surface area contributed by atoms with Crippen LogP contribution in [0.3, 0.4) is 0 Å². The second-order valence-electron chi connectivity index (χ2n) is 2.13. The molecule has 0 aromatic carbocycles. The van der Waals surface area contributed by atoms with Crippen LogP contribution < -0.4 is 0 Å². The first-order valence-corrected chi connectivity index (χ1v) is 3.84. The van der Waals surface area contributed by atoms with Gasteiger partial charge in [0, 0.05) is 0 Å². The molecule has 0 unspecified atom stereocenters. The van der Waals surface area contributed by atoms with Crippen molar-refractivity contribution in [2.75, 3.05) is 0 Å². The summed E-state index contributed by atoms with van der Waals surface area (Å²) in [5.74, 6) is -0.629. The highest BCUT2D eigenvalue weighted by Crippen LogP contribution is 2.36. The second kappa shape index (κ2) is 3.34. The first-order chi connectivity index (χ1) is 5.95. The molecule has 1 heterocycles. The molecule has 0 N–H and O–H groups in total. The molecule has 0 aliphatic heterocycles. The van der Waals surface area contributed by atoms with E-state index in [9.17, 15) is 13.2 Å². The van der Waals surface area contributed by atoms with Crippen molar-refractivity contribution in [1.29, 1.82) is 0 Å². The van der Waals surface area contributed by atoms with Gasteiger partial charge >= 0.3 is 6.18 Å². The van der Waals surface area contributed by atoms with E-state index in [4.69, 9.17) is 6.57 Å². The molecule has 0 bridgehead atoms. The highest BCUT2D eigenvalue weighted by atomic mass is 79.9. The molecule has 0 saturated carbocycles. The number of rotatable bonds is 0. The molecule has 1 aromatic rings. The Morgan fingerprint density at radius 2 is 2.08 bits per heavy atom. The lowest BCUT2D eigenvalue weighted by molar-refractivity contribution is -0.137. The van der Waals surface area contributed by atoms with E-state index < -0.39 is 17.6 Å². The SMILES string of the molecule is [C-]#[N+]c1ncc(Br)cc1C(F)(F)F. The summed E-state index contributed by atoms with van der Waals surface area (Å²) < 4.78 is 36.8. The number of nitrogens with zero attached hydrogens (tertiary/aromatic N) is 2. The van der Waals surface area contributed by atoms with Crippen LogP contribution in [0.1, 0.15) is 5.56 Å². The van der Waals surface area contributed by atoms with E-state index in [1.807, 2.05) is 0 Å². The smallest absolute Gasteiger partial charge is 0.360 e. The van der Waals surface area contributed by atoms with Gasteiger partial charge < -0.3 is 4.85 Å². The van der Waals surface area contributed by atoms with Crippen molar-refractivity contribution in [1.82, 2.24) is 4.98 Å². The number of halogens is 4. The molecule has 0 atom stereocenters. The van der Waals surface area contributed by atoms with Gasteiger partial charge in [-0.1, -0.05) is 6.57 Å². The third-order valence-electron chi connectivity index (χ3n) is 1.24. The average molecular weight is 251 g/mol. The van der Waals surface area contributed by atoms with Crippen molar-refractivity contribution in [2.45, 2.75) is 6.18 Å². The van der Waals surface area contributed by atoms with E-state index in [1.54, 1.807) is 0 Å².